The van der Waals surface area contributed by atoms with Crippen LogP contribution in [0, 0.1) is 5.92 Å². The molecule has 2 aromatic carbocycles. The van der Waals surface area contributed by atoms with Gasteiger partial charge in [-0.15, -0.1) is 0 Å². The predicted octanol–water partition coefficient (Wildman–Crippen LogP) is 5.75. The zero-order valence-corrected chi connectivity index (χ0v) is 23.2. The number of likely N-dealkylation sites (tertiary alicyclic amines) is 2. The first kappa shape index (κ1) is 27.6. The summed E-state index contributed by atoms with van der Waals surface area (Å²) in [6, 6.07) is 12.0. The van der Waals surface area contributed by atoms with Crippen LogP contribution < -0.4 is 5.32 Å². The van der Waals surface area contributed by atoms with E-state index in [0.29, 0.717) is 66.2 Å². The molecule has 37 heavy (non-hydrogen) atoms. The lowest BCUT2D eigenvalue weighted by molar-refractivity contribution is -0.141. The molecular formula is C27H31Cl3N4O3. The Kier molecular flexibility index (Phi) is 8.88. The van der Waals surface area contributed by atoms with E-state index >= 15 is 0 Å². The van der Waals surface area contributed by atoms with Gasteiger partial charge < -0.3 is 20.0 Å². The Hall–Kier alpha value is -2.48. The van der Waals surface area contributed by atoms with Gasteiger partial charge >= 0.3 is 6.03 Å². The van der Waals surface area contributed by atoms with Gasteiger partial charge in [0.05, 0.1) is 10.0 Å². The highest BCUT2D eigenvalue weighted by Crippen LogP contribution is 2.35. The van der Waals surface area contributed by atoms with Crippen molar-refractivity contribution in [1.82, 2.24) is 14.7 Å². The van der Waals surface area contributed by atoms with Gasteiger partial charge in [0.25, 0.3) is 0 Å². The van der Waals surface area contributed by atoms with Gasteiger partial charge in [-0.1, -0.05) is 40.9 Å². The number of nitrogens with zero attached hydrogens (tertiary/aromatic N) is 3. The van der Waals surface area contributed by atoms with Crippen molar-refractivity contribution in [3.63, 3.8) is 0 Å². The Labute approximate surface area is 232 Å². The Balaban J connectivity index is 1.51. The fourth-order valence-electron chi connectivity index (χ4n) is 5.27. The third kappa shape index (κ3) is 6.51. The van der Waals surface area contributed by atoms with Crippen LogP contribution in [0.2, 0.25) is 15.1 Å². The fraction of sp³-hybridized carbons (Fsp3) is 0.444. The zero-order chi connectivity index (χ0) is 26.7. The first-order chi connectivity index (χ1) is 17.6. The third-order valence-electron chi connectivity index (χ3n) is 7.46. The molecule has 10 heteroatoms. The summed E-state index contributed by atoms with van der Waals surface area (Å²) in [5.74, 6) is -0.0930. The number of hydrogen-bond acceptors (Lipinski definition) is 3. The second-order valence-corrected chi connectivity index (χ2v) is 11.0. The van der Waals surface area contributed by atoms with Crippen LogP contribution in [-0.4, -0.2) is 71.8 Å². The molecule has 2 saturated heterocycles. The largest absolute Gasteiger partial charge is 0.343 e. The van der Waals surface area contributed by atoms with Crippen molar-refractivity contribution in [1.29, 1.82) is 0 Å². The van der Waals surface area contributed by atoms with E-state index in [2.05, 4.69) is 5.32 Å². The van der Waals surface area contributed by atoms with Crippen LogP contribution in [-0.2, 0) is 9.59 Å². The topological polar surface area (TPSA) is 73.0 Å². The highest BCUT2D eigenvalue weighted by atomic mass is 35.5. The van der Waals surface area contributed by atoms with Gasteiger partial charge in [0.15, 0.2) is 0 Å². The Morgan fingerprint density at radius 1 is 0.892 bits per heavy atom. The number of anilines is 1. The Bertz CT molecular complexity index is 1150. The molecule has 4 amide bonds. The number of nitrogens with one attached hydrogen (secondary N) is 1. The van der Waals surface area contributed by atoms with Gasteiger partial charge in [0, 0.05) is 68.7 Å². The quantitative estimate of drug-likeness (QED) is 0.513. The fourth-order valence-corrected chi connectivity index (χ4v) is 5.70. The van der Waals surface area contributed by atoms with Gasteiger partial charge in [-0.05, 0) is 61.2 Å². The molecule has 198 valence electrons. The number of halogens is 3. The summed E-state index contributed by atoms with van der Waals surface area (Å²) in [7, 11) is 1.77. The van der Waals surface area contributed by atoms with Crippen LogP contribution in [0.4, 0.5) is 10.5 Å². The van der Waals surface area contributed by atoms with E-state index < -0.39 is 0 Å². The molecule has 2 aliphatic rings. The lowest BCUT2D eigenvalue weighted by Gasteiger charge is -2.44. The molecule has 0 bridgehead atoms. The predicted molar refractivity (Wildman–Crippen MR) is 147 cm³/mol. The monoisotopic (exact) mass is 564 g/mol. The van der Waals surface area contributed by atoms with E-state index in [1.165, 1.54) is 0 Å². The molecule has 2 unspecified atom stereocenters. The van der Waals surface area contributed by atoms with Crippen molar-refractivity contribution in [3.05, 3.63) is 63.1 Å². The second-order valence-electron chi connectivity index (χ2n) is 9.75. The molecule has 0 saturated carbocycles. The number of carbonyl (C=O) groups is 3. The number of amides is 4. The third-order valence-corrected chi connectivity index (χ3v) is 8.45. The van der Waals surface area contributed by atoms with E-state index in [0.717, 1.165) is 5.56 Å². The molecule has 2 fully saturated rings. The van der Waals surface area contributed by atoms with Crippen LogP contribution in [0.1, 0.15) is 37.7 Å². The van der Waals surface area contributed by atoms with Crippen molar-refractivity contribution in [3.8, 4) is 0 Å². The van der Waals surface area contributed by atoms with Crippen LogP contribution in [0.15, 0.2) is 42.5 Å². The highest BCUT2D eigenvalue weighted by Gasteiger charge is 2.39. The molecule has 0 aromatic heterocycles. The standard InChI is InChI=1S/C27H31Cl3N4O3/c1-17(35)33-12-9-18(10-13-33)26(36)34-14-11-25(22(16-34)19-3-8-23(29)24(30)15-19)32(2)27(37)31-21-6-4-20(28)5-7-21/h3-8,15,18,22,25H,9-14,16H2,1-2H3,(H,31,37). The van der Waals surface area contributed by atoms with Gasteiger partial charge in [0.2, 0.25) is 11.8 Å². The maximum absolute atomic E-state index is 13.5. The average Bonchev–Trinajstić information content (AvgIpc) is 2.90. The summed E-state index contributed by atoms with van der Waals surface area (Å²) in [6.45, 7) is 3.78. The summed E-state index contributed by atoms with van der Waals surface area (Å²) >= 11 is 18.5. The van der Waals surface area contributed by atoms with Gasteiger partial charge in [0.1, 0.15) is 0 Å². The summed E-state index contributed by atoms with van der Waals surface area (Å²) in [5.41, 5.74) is 1.58. The minimum Gasteiger partial charge on any atom is -0.343 e. The van der Waals surface area contributed by atoms with Crippen molar-refractivity contribution in [2.45, 2.75) is 38.1 Å². The minimum atomic E-state index is -0.242. The van der Waals surface area contributed by atoms with Gasteiger partial charge in [-0.3, -0.25) is 9.59 Å². The molecule has 4 rings (SSSR count). The van der Waals surface area contributed by atoms with Crippen molar-refractivity contribution in [2.75, 3.05) is 38.5 Å². The van der Waals surface area contributed by atoms with E-state index in [1.807, 2.05) is 17.0 Å². The Morgan fingerprint density at radius 3 is 2.16 bits per heavy atom. The second kappa shape index (κ2) is 11.9. The Morgan fingerprint density at radius 2 is 1.54 bits per heavy atom. The lowest BCUT2D eigenvalue weighted by Crippen LogP contribution is -2.54. The summed E-state index contributed by atoms with van der Waals surface area (Å²) < 4.78 is 0. The van der Waals surface area contributed by atoms with Crippen LogP contribution in [0.5, 0.6) is 0 Å². The molecule has 2 atom stereocenters. The number of likely N-dealkylation sites (N-methyl/N-ethyl adjacent to an activating group) is 1. The normalized spacial score (nSPS) is 20.5. The smallest absolute Gasteiger partial charge is 0.321 e. The van der Waals surface area contributed by atoms with Crippen LogP contribution in [0.25, 0.3) is 0 Å². The van der Waals surface area contributed by atoms with E-state index in [4.69, 9.17) is 34.8 Å². The number of hydrogen-bond donors (Lipinski definition) is 1. The highest BCUT2D eigenvalue weighted by molar-refractivity contribution is 6.42. The maximum Gasteiger partial charge on any atom is 0.321 e. The SMILES string of the molecule is CC(=O)N1CCC(C(=O)N2CCC(N(C)C(=O)Nc3ccc(Cl)cc3)C(c3ccc(Cl)c(Cl)c3)C2)CC1. The maximum atomic E-state index is 13.5. The molecule has 0 spiro atoms. The number of piperidine rings is 2. The number of carbonyl (C=O) groups excluding carboxylic acids is 3. The number of rotatable bonds is 4. The summed E-state index contributed by atoms with van der Waals surface area (Å²) in [5, 5.41) is 4.41. The zero-order valence-electron chi connectivity index (χ0n) is 20.9. The molecule has 2 aliphatic heterocycles. The molecule has 2 aromatic rings. The van der Waals surface area contributed by atoms with Crippen molar-refractivity contribution in [2.24, 2.45) is 5.92 Å². The summed E-state index contributed by atoms with van der Waals surface area (Å²) in [6.07, 6.45) is 1.95. The number of benzene rings is 2. The first-order valence-corrected chi connectivity index (χ1v) is 13.6. The van der Waals surface area contributed by atoms with Gasteiger partial charge in [-0.2, -0.15) is 0 Å². The molecule has 2 heterocycles. The van der Waals surface area contributed by atoms with E-state index in [-0.39, 0.29) is 35.7 Å². The van der Waals surface area contributed by atoms with Crippen LogP contribution in [0.3, 0.4) is 0 Å². The lowest BCUT2D eigenvalue weighted by atomic mass is 9.84. The first-order valence-electron chi connectivity index (χ1n) is 12.4. The molecular weight excluding hydrogens is 535 g/mol. The van der Waals surface area contributed by atoms with Crippen LogP contribution >= 0.6 is 34.8 Å². The molecule has 7 nitrogen and oxygen atoms in total. The van der Waals surface area contributed by atoms with Crippen molar-refractivity contribution >= 4 is 58.3 Å². The van der Waals surface area contributed by atoms with E-state index in [1.54, 1.807) is 54.1 Å². The van der Waals surface area contributed by atoms with Gasteiger partial charge in [-0.25, -0.2) is 4.79 Å². The molecule has 1 N–H and O–H groups in total. The molecule has 0 radical (unpaired) electrons. The minimum absolute atomic E-state index is 0.0475. The molecule has 0 aliphatic carbocycles. The summed E-state index contributed by atoms with van der Waals surface area (Å²) in [4.78, 5) is 43.7. The van der Waals surface area contributed by atoms with E-state index in [9.17, 15) is 14.4 Å². The average molecular weight is 566 g/mol. The van der Waals surface area contributed by atoms with Crippen molar-refractivity contribution < 1.29 is 14.4 Å². The number of urea groups is 1.